The van der Waals surface area contributed by atoms with E-state index in [0.717, 1.165) is 5.56 Å². The summed E-state index contributed by atoms with van der Waals surface area (Å²) in [5.41, 5.74) is 1.15. The van der Waals surface area contributed by atoms with E-state index in [1.165, 1.54) is 34.6 Å². The standard InChI is InChI=1S/C20H18FN3O3S/c1-27-17-8-6-16(7-9-17)24-20(26)11-10-19(23-24)28-13-18(25)22-12-14-2-4-15(21)5-3-14/h2-11H,12-13H2,1H3,(H,22,25). The molecule has 0 aliphatic heterocycles. The maximum Gasteiger partial charge on any atom is 0.271 e. The quantitative estimate of drug-likeness (QED) is 0.619. The molecule has 3 rings (SSSR count). The molecule has 0 saturated heterocycles. The Balaban J connectivity index is 1.60. The van der Waals surface area contributed by atoms with Crippen molar-refractivity contribution < 1.29 is 13.9 Å². The largest absolute Gasteiger partial charge is 0.497 e. The zero-order valence-electron chi connectivity index (χ0n) is 15.1. The molecule has 0 bridgehead atoms. The van der Waals surface area contributed by atoms with Gasteiger partial charge in [0.15, 0.2) is 0 Å². The molecule has 1 N–H and O–H groups in total. The second-order valence-electron chi connectivity index (χ2n) is 5.81. The first-order valence-electron chi connectivity index (χ1n) is 8.44. The average Bonchev–Trinajstić information content (AvgIpc) is 2.73. The topological polar surface area (TPSA) is 73.2 Å². The van der Waals surface area contributed by atoms with Crippen molar-refractivity contribution in [2.75, 3.05) is 12.9 Å². The van der Waals surface area contributed by atoms with Gasteiger partial charge < -0.3 is 10.1 Å². The lowest BCUT2D eigenvalue weighted by Gasteiger charge is -2.08. The van der Waals surface area contributed by atoms with E-state index in [2.05, 4.69) is 10.4 Å². The zero-order chi connectivity index (χ0) is 19.9. The zero-order valence-corrected chi connectivity index (χ0v) is 15.9. The number of benzene rings is 2. The minimum absolute atomic E-state index is 0.148. The third-order valence-electron chi connectivity index (χ3n) is 3.85. The van der Waals surface area contributed by atoms with Crippen LogP contribution in [0, 0.1) is 5.82 Å². The van der Waals surface area contributed by atoms with E-state index in [9.17, 15) is 14.0 Å². The monoisotopic (exact) mass is 399 g/mol. The summed E-state index contributed by atoms with van der Waals surface area (Å²) in [5.74, 6) is 0.330. The number of amides is 1. The van der Waals surface area contributed by atoms with Crippen LogP contribution >= 0.6 is 11.8 Å². The maximum atomic E-state index is 12.9. The molecular formula is C20H18FN3O3S. The van der Waals surface area contributed by atoms with Crippen LogP contribution in [0.15, 0.2) is 70.5 Å². The molecule has 0 aliphatic carbocycles. The van der Waals surface area contributed by atoms with Gasteiger partial charge >= 0.3 is 0 Å². The lowest BCUT2D eigenvalue weighted by molar-refractivity contribution is -0.118. The summed E-state index contributed by atoms with van der Waals surface area (Å²) in [5, 5.41) is 7.62. The smallest absolute Gasteiger partial charge is 0.271 e. The molecule has 1 aromatic heterocycles. The third kappa shape index (κ3) is 5.20. The molecule has 1 heterocycles. The number of methoxy groups -OCH3 is 1. The maximum absolute atomic E-state index is 12.9. The SMILES string of the molecule is COc1ccc(-n2nc(SCC(=O)NCc3ccc(F)cc3)ccc2=O)cc1. The van der Waals surface area contributed by atoms with Gasteiger partial charge in [-0.05, 0) is 48.0 Å². The van der Waals surface area contributed by atoms with Crippen molar-refractivity contribution in [3.8, 4) is 11.4 Å². The van der Waals surface area contributed by atoms with Crippen molar-refractivity contribution in [3.05, 3.63) is 82.4 Å². The number of nitrogens with one attached hydrogen (secondary N) is 1. The minimum Gasteiger partial charge on any atom is -0.497 e. The van der Waals surface area contributed by atoms with Crippen LogP contribution in [0.2, 0.25) is 0 Å². The van der Waals surface area contributed by atoms with E-state index in [1.54, 1.807) is 49.6 Å². The van der Waals surface area contributed by atoms with Gasteiger partial charge in [-0.15, -0.1) is 0 Å². The van der Waals surface area contributed by atoms with Crippen molar-refractivity contribution in [1.82, 2.24) is 15.1 Å². The van der Waals surface area contributed by atoms with Crippen LogP contribution in [-0.2, 0) is 11.3 Å². The first kappa shape index (κ1) is 19.6. The second-order valence-corrected chi connectivity index (χ2v) is 6.81. The van der Waals surface area contributed by atoms with Crippen LogP contribution in [0.25, 0.3) is 5.69 Å². The fraction of sp³-hybridized carbons (Fsp3) is 0.150. The van der Waals surface area contributed by atoms with Gasteiger partial charge in [-0.25, -0.2) is 4.39 Å². The van der Waals surface area contributed by atoms with E-state index in [4.69, 9.17) is 4.74 Å². The number of carbonyl (C=O) groups is 1. The third-order valence-corrected chi connectivity index (χ3v) is 4.77. The Morgan fingerprint density at radius 2 is 1.82 bits per heavy atom. The summed E-state index contributed by atoms with van der Waals surface area (Å²) >= 11 is 1.22. The van der Waals surface area contributed by atoms with Gasteiger partial charge in [0.25, 0.3) is 5.56 Å². The van der Waals surface area contributed by atoms with Gasteiger partial charge in [0.2, 0.25) is 5.91 Å². The summed E-state index contributed by atoms with van der Waals surface area (Å²) in [7, 11) is 1.57. The number of thioether (sulfide) groups is 1. The molecule has 8 heteroatoms. The summed E-state index contributed by atoms with van der Waals surface area (Å²) in [4.78, 5) is 24.1. The lowest BCUT2D eigenvalue weighted by Crippen LogP contribution is -2.25. The molecule has 0 aliphatic rings. The average molecular weight is 399 g/mol. The molecule has 3 aromatic rings. The summed E-state index contributed by atoms with van der Waals surface area (Å²) < 4.78 is 19.3. The first-order valence-corrected chi connectivity index (χ1v) is 9.42. The van der Waals surface area contributed by atoms with Crippen LogP contribution < -0.4 is 15.6 Å². The Bertz CT molecular complexity index is 1000. The van der Waals surface area contributed by atoms with E-state index < -0.39 is 0 Å². The predicted octanol–water partition coefficient (Wildman–Crippen LogP) is 2.79. The Kier molecular flexibility index (Phi) is 6.44. The Labute approximate surface area is 165 Å². The van der Waals surface area contributed by atoms with Crippen molar-refractivity contribution in [1.29, 1.82) is 0 Å². The molecule has 0 saturated carbocycles. The molecule has 144 valence electrons. The van der Waals surface area contributed by atoms with E-state index in [0.29, 0.717) is 23.0 Å². The molecule has 0 spiro atoms. The van der Waals surface area contributed by atoms with Crippen LogP contribution in [-0.4, -0.2) is 28.6 Å². The fourth-order valence-corrected chi connectivity index (χ4v) is 3.06. The van der Waals surface area contributed by atoms with Gasteiger partial charge in [-0.2, -0.15) is 9.78 Å². The summed E-state index contributed by atoms with van der Waals surface area (Å²) in [6.07, 6.45) is 0. The van der Waals surface area contributed by atoms with Gasteiger partial charge in [0.1, 0.15) is 16.6 Å². The fourth-order valence-electron chi connectivity index (χ4n) is 2.37. The molecule has 6 nitrogen and oxygen atoms in total. The van der Waals surface area contributed by atoms with Crippen LogP contribution in [0.3, 0.4) is 0 Å². The normalized spacial score (nSPS) is 10.5. The van der Waals surface area contributed by atoms with E-state index in [-0.39, 0.29) is 23.0 Å². The number of ether oxygens (including phenoxy) is 1. The highest BCUT2D eigenvalue weighted by Gasteiger charge is 2.07. The second kappa shape index (κ2) is 9.18. The molecular weight excluding hydrogens is 381 g/mol. The van der Waals surface area contributed by atoms with Crippen molar-refractivity contribution in [3.63, 3.8) is 0 Å². The first-order chi connectivity index (χ1) is 13.5. The van der Waals surface area contributed by atoms with Crippen molar-refractivity contribution in [2.24, 2.45) is 0 Å². The number of aromatic nitrogens is 2. The van der Waals surface area contributed by atoms with Gasteiger partial charge in [0.05, 0.1) is 18.6 Å². The van der Waals surface area contributed by atoms with Crippen LogP contribution in [0.1, 0.15) is 5.56 Å². The van der Waals surface area contributed by atoms with Gasteiger partial charge in [-0.3, -0.25) is 9.59 Å². The molecule has 2 aromatic carbocycles. The number of carbonyl (C=O) groups excluding carboxylic acids is 1. The highest BCUT2D eigenvalue weighted by Crippen LogP contribution is 2.16. The molecule has 28 heavy (non-hydrogen) atoms. The Morgan fingerprint density at radius 3 is 2.50 bits per heavy atom. The molecule has 0 unspecified atom stereocenters. The predicted molar refractivity (Wildman–Crippen MR) is 105 cm³/mol. The van der Waals surface area contributed by atoms with E-state index in [1.807, 2.05) is 0 Å². The number of hydrogen-bond acceptors (Lipinski definition) is 5. The summed E-state index contributed by atoms with van der Waals surface area (Å²) in [6, 6.07) is 15.9. The molecule has 0 atom stereocenters. The number of halogens is 1. The number of nitrogens with zero attached hydrogens (tertiary/aromatic N) is 2. The number of hydrogen-bond donors (Lipinski definition) is 1. The number of rotatable bonds is 7. The van der Waals surface area contributed by atoms with Gasteiger partial charge in [0, 0.05) is 12.6 Å². The van der Waals surface area contributed by atoms with Crippen molar-refractivity contribution in [2.45, 2.75) is 11.6 Å². The highest BCUT2D eigenvalue weighted by atomic mass is 32.2. The van der Waals surface area contributed by atoms with Crippen LogP contribution in [0.4, 0.5) is 4.39 Å². The summed E-state index contributed by atoms with van der Waals surface area (Å²) in [6.45, 7) is 0.318. The van der Waals surface area contributed by atoms with Gasteiger partial charge in [-0.1, -0.05) is 23.9 Å². The van der Waals surface area contributed by atoms with E-state index >= 15 is 0 Å². The van der Waals surface area contributed by atoms with Crippen LogP contribution in [0.5, 0.6) is 5.75 Å². The minimum atomic E-state index is -0.316. The molecule has 0 fully saturated rings. The van der Waals surface area contributed by atoms with Crippen molar-refractivity contribution >= 4 is 17.7 Å². The molecule has 1 amide bonds. The Hall–Kier alpha value is -3.13. The lowest BCUT2D eigenvalue weighted by atomic mass is 10.2. The molecule has 0 radical (unpaired) electrons. The Morgan fingerprint density at radius 1 is 1.11 bits per heavy atom. The highest BCUT2D eigenvalue weighted by molar-refractivity contribution is 7.99.